The van der Waals surface area contributed by atoms with Crippen LogP contribution in [0.2, 0.25) is 0 Å². The van der Waals surface area contributed by atoms with E-state index in [1.165, 1.54) is 170 Å². The predicted octanol–water partition coefficient (Wildman–Crippen LogP) is 15.4. The number of nitrogens with zero attached hydrogens (tertiary/aromatic N) is 2. The van der Waals surface area contributed by atoms with Crippen molar-refractivity contribution in [2.45, 2.75) is 208 Å². The molecule has 0 bridgehead atoms. The largest absolute Gasteiger partial charge is 0.252 e. The minimum atomic E-state index is 0. The molecule has 2 aromatic carbocycles. The molecule has 0 fully saturated rings. The summed E-state index contributed by atoms with van der Waals surface area (Å²) in [6.07, 6.45) is 32.4. The molecule has 0 radical (unpaired) electrons. The van der Waals surface area contributed by atoms with Crippen LogP contribution in [0.4, 0.5) is 11.4 Å². The summed E-state index contributed by atoms with van der Waals surface area (Å²) in [5, 5.41) is 0. The van der Waals surface area contributed by atoms with Crippen LogP contribution in [-0.4, -0.2) is 11.4 Å². The zero-order valence-electron chi connectivity index (χ0n) is 33.1. The number of rotatable bonds is 29. The van der Waals surface area contributed by atoms with Crippen molar-refractivity contribution in [2.24, 2.45) is 9.98 Å². The van der Waals surface area contributed by atoms with Crippen molar-refractivity contribution in [2.75, 3.05) is 0 Å². The molecule has 0 atom stereocenters. The van der Waals surface area contributed by atoms with E-state index in [4.69, 9.17) is 9.98 Å². The van der Waals surface area contributed by atoms with Crippen LogP contribution in [0.5, 0.6) is 0 Å². The van der Waals surface area contributed by atoms with Crippen molar-refractivity contribution < 1.29 is 20.4 Å². The van der Waals surface area contributed by atoms with E-state index in [1.807, 2.05) is 0 Å². The fraction of sp³-hybridized carbons (Fsp3) is 0.696. The molecule has 0 aliphatic carbocycles. The third-order valence-corrected chi connectivity index (χ3v) is 9.97. The molecule has 0 saturated carbocycles. The Kier molecular flexibility index (Phi) is 27.9. The van der Waals surface area contributed by atoms with E-state index in [2.05, 4.69) is 77.9 Å². The van der Waals surface area contributed by atoms with Crippen molar-refractivity contribution in [3.63, 3.8) is 0 Å². The fourth-order valence-electron chi connectivity index (χ4n) is 6.84. The number of aliphatic imine (C=N–C) groups is 2. The van der Waals surface area contributed by atoms with Gasteiger partial charge in [0.2, 0.25) is 0 Å². The minimum absolute atomic E-state index is 0. The summed E-state index contributed by atoms with van der Waals surface area (Å²) in [6, 6.07) is 14.3. The molecule has 0 heterocycles. The molecule has 0 N–H and O–H groups in total. The maximum Gasteiger partial charge on any atom is 0.0636 e. The van der Waals surface area contributed by atoms with Crippen LogP contribution in [-0.2, 0) is 46.1 Å². The quantitative estimate of drug-likeness (QED) is 0.0448. The van der Waals surface area contributed by atoms with Gasteiger partial charge in [0.05, 0.1) is 22.8 Å². The Hall–Kier alpha value is -1.56. The average molecular weight is 764 g/mol. The van der Waals surface area contributed by atoms with Crippen molar-refractivity contribution in [3.8, 4) is 0 Å². The Labute approximate surface area is 318 Å². The molecule has 0 unspecified atom stereocenters. The second-order valence-electron chi connectivity index (χ2n) is 14.5. The molecule has 0 aliphatic heterocycles. The van der Waals surface area contributed by atoms with Crippen LogP contribution < -0.4 is 0 Å². The first-order valence-corrected chi connectivity index (χ1v) is 21.0. The van der Waals surface area contributed by atoms with Gasteiger partial charge in [-0.15, -0.1) is 0 Å². The van der Waals surface area contributed by atoms with E-state index in [-0.39, 0.29) is 20.4 Å². The normalized spacial score (nSPS) is 12.0. The van der Waals surface area contributed by atoms with Crippen LogP contribution in [0.1, 0.15) is 205 Å². The molecule has 0 aliphatic rings. The number of hydrogen-bond donors (Lipinski definition) is 0. The van der Waals surface area contributed by atoms with Gasteiger partial charge in [-0.05, 0) is 124 Å². The average Bonchev–Trinajstić information content (AvgIpc) is 3.09. The summed E-state index contributed by atoms with van der Waals surface area (Å²) in [6.45, 7) is 13.8. The van der Waals surface area contributed by atoms with E-state index in [0.717, 1.165) is 30.6 Å². The number of hydrogen-bond acceptors (Lipinski definition) is 2. The third kappa shape index (κ3) is 19.6. The Bertz CT molecular complexity index is 1160. The molecule has 0 amide bonds. The zero-order valence-corrected chi connectivity index (χ0v) is 34.6. The summed E-state index contributed by atoms with van der Waals surface area (Å²) >= 11 is 0. The van der Waals surface area contributed by atoms with E-state index < -0.39 is 0 Å². The van der Waals surface area contributed by atoms with Gasteiger partial charge < -0.3 is 0 Å². The number of unbranched alkanes of at least 4 members (excludes halogenated alkanes) is 14. The standard InChI is InChI=1S/C46H76N2.Pd/c1-7-13-19-20-21-26-32-46(48-44-36-34-40(28-23-15-9-3)42(38-44)30-25-17-11-5)45(31-18-12-6)47-43-35-33-39(27-22-14-8-2)41(37-43)29-24-16-10-4;/h33-38H,7-32H2,1-6H3;/b47-45+,48-46+;. The van der Waals surface area contributed by atoms with Crippen LogP contribution in [0, 0.1) is 0 Å². The van der Waals surface area contributed by atoms with Gasteiger partial charge in [-0.1, -0.05) is 144 Å². The van der Waals surface area contributed by atoms with Gasteiger partial charge in [-0.3, -0.25) is 9.98 Å². The summed E-state index contributed by atoms with van der Waals surface area (Å²) in [7, 11) is 0. The Balaban J connectivity index is 0.0000120. The van der Waals surface area contributed by atoms with Gasteiger partial charge in [0.25, 0.3) is 0 Å². The summed E-state index contributed by atoms with van der Waals surface area (Å²) in [4.78, 5) is 11.0. The van der Waals surface area contributed by atoms with Crippen LogP contribution in [0.25, 0.3) is 0 Å². The molecule has 0 aromatic heterocycles. The second-order valence-corrected chi connectivity index (χ2v) is 14.5. The maximum absolute atomic E-state index is 5.50. The topological polar surface area (TPSA) is 24.7 Å². The van der Waals surface area contributed by atoms with E-state index in [0.29, 0.717) is 0 Å². The van der Waals surface area contributed by atoms with Gasteiger partial charge in [0.15, 0.2) is 0 Å². The van der Waals surface area contributed by atoms with E-state index >= 15 is 0 Å². The van der Waals surface area contributed by atoms with Gasteiger partial charge in [0, 0.05) is 20.4 Å². The Morgan fingerprint density at radius 1 is 0.367 bits per heavy atom. The molecule has 3 heteroatoms. The molecule has 0 saturated heterocycles. The van der Waals surface area contributed by atoms with Gasteiger partial charge >= 0.3 is 0 Å². The van der Waals surface area contributed by atoms with Crippen molar-refractivity contribution in [1.82, 2.24) is 0 Å². The fourth-order valence-corrected chi connectivity index (χ4v) is 6.84. The molecule has 2 nitrogen and oxygen atoms in total. The molecular weight excluding hydrogens is 687 g/mol. The number of aryl methyl sites for hydroxylation is 4. The first-order chi connectivity index (χ1) is 23.6. The molecule has 280 valence electrons. The van der Waals surface area contributed by atoms with E-state index in [1.54, 1.807) is 11.1 Å². The molecule has 2 aromatic rings. The SMILES string of the molecule is CCCCCCCCC(=N\c1ccc(CCCCC)c(CCCCC)c1)/C(CCCC)=N/c1ccc(CCCCC)c(CCCCC)c1.[Pd]. The Morgan fingerprint density at radius 3 is 1.10 bits per heavy atom. The van der Waals surface area contributed by atoms with Crippen LogP contribution >= 0.6 is 0 Å². The molecule has 0 spiro atoms. The van der Waals surface area contributed by atoms with Gasteiger partial charge in [-0.2, -0.15) is 0 Å². The third-order valence-electron chi connectivity index (χ3n) is 9.97. The zero-order chi connectivity index (χ0) is 34.7. The summed E-state index contributed by atoms with van der Waals surface area (Å²) in [5.41, 5.74) is 10.9. The molecule has 49 heavy (non-hydrogen) atoms. The van der Waals surface area contributed by atoms with Crippen LogP contribution in [0.3, 0.4) is 0 Å². The van der Waals surface area contributed by atoms with E-state index in [9.17, 15) is 0 Å². The summed E-state index contributed by atoms with van der Waals surface area (Å²) in [5.74, 6) is 0. The van der Waals surface area contributed by atoms with Crippen molar-refractivity contribution in [3.05, 3.63) is 58.7 Å². The monoisotopic (exact) mass is 763 g/mol. The smallest absolute Gasteiger partial charge is 0.0636 e. The summed E-state index contributed by atoms with van der Waals surface area (Å²) < 4.78 is 0. The Morgan fingerprint density at radius 2 is 0.694 bits per heavy atom. The minimum Gasteiger partial charge on any atom is -0.252 e. The first kappa shape index (κ1) is 45.5. The molecule has 2 rings (SSSR count). The van der Waals surface area contributed by atoms with Crippen LogP contribution in [0.15, 0.2) is 46.4 Å². The number of benzene rings is 2. The van der Waals surface area contributed by atoms with Crippen molar-refractivity contribution in [1.29, 1.82) is 0 Å². The second kappa shape index (κ2) is 30.1. The van der Waals surface area contributed by atoms with Crippen molar-refractivity contribution >= 4 is 22.8 Å². The molecular formula is C46H76N2Pd. The van der Waals surface area contributed by atoms with Gasteiger partial charge in [-0.25, -0.2) is 0 Å². The first-order valence-electron chi connectivity index (χ1n) is 21.0. The van der Waals surface area contributed by atoms with Gasteiger partial charge in [0.1, 0.15) is 0 Å². The predicted molar refractivity (Wildman–Crippen MR) is 218 cm³/mol. The maximum atomic E-state index is 5.50.